The second kappa shape index (κ2) is 3.18. The summed E-state index contributed by atoms with van der Waals surface area (Å²) in [4.78, 5) is 18.5. The van der Waals surface area contributed by atoms with Crippen LogP contribution in [0.1, 0.15) is 10.6 Å². The Morgan fingerprint density at radius 3 is 3.00 bits per heavy atom. The first-order valence-corrected chi connectivity index (χ1v) is 3.71. The highest BCUT2D eigenvalue weighted by molar-refractivity contribution is 5.82. The van der Waals surface area contributed by atoms with E-state index in [0.717, 1.165) is 0 Å². The zero-order valence-electron chi connectivity index (χ0n) is 6.68. The van der Waals surface area contributed by atoms with Crippen LogP contribution in [0.2, 0.25) is 0 Å². The average molecular weight is 174 g/mol. The largest absolute Gasteiger partial charge is 0.461 e. The van der Waals surface area contributed by atoms with Crippen LogP contribution >= 0.6 is 0 Å². The van der Waals surface area contributed by atoms with Gasteiger partial charge in [0.1, 0.15) is 0 Å². The van der Waals surface area contributed by atoms with E-state index in [1.165, 1.54) is 6.26 Å². The molecule has 0 fully saturated rings. The van der Waals surface area contributed by atoms with Crippen molar-refractivity contribution in [1.29, 1.82) is 0 Å². The third kappa shape index (κ3) is 1.33. The number of hydrogen-bond donors (Lipinski definition) is 0. The Bertz CT molecular complexity index is 409. The molecule has 0 radical (unpaired) electrons. The summed E-state index contributed by atoms with van der Waals surface area (Å²) in [6.45, 7) is 0. The van der Waals surface area contributed by atoms with Gasteiger partial charge in [-0.1, -0.05) is 0 Å². The van der Waals surface area contributed by atoms with Gasteiger partial charge in [-0.15, -0.1) is 0 Å². The van der Waals surface area contributed by atoms with Gasteiger partial charge in [-0.3, -0.25) is 14.8 Å². The third-order valence-electron chi connectivity index (χ3n) is 1.64. The first-order valence-electron chi connectivity index (χ1n) is 3.71. The normalized spacial score (nSPS) is 9.85. The third-order valence-corrected chi connectivity index (χ3v) is 1.64. The molecule has 0 aromatic carbocycles. The van der Waals surface area contributed by atoms with E-state index in [2.05, 4.69) is 9.97 Å². The van der Waals surface area contributed by atoms with Crippen molar-refractivity contribution in [3.63, 3.8) is 0 Å². The molecule has 0 aliphatic heterocycles. The molecule has 2 aromatic heterocycles. The predicted octanol–water partition coefficient (Wildman–Crippen LogP) is 1.55. The number of aromatic nitrogens is 2. The molecule has 0 aliphatic carbocycles. The van der Waals surface area contributed by atoms with Gasteiger partial charge >= 0.3 is 0 Å². The average Bonchev–Trinajstić information content (AvgIpc) is 2.67. The van der Waals surface area contributed by atoms with Crippen LogP contribution in [0, 0.1) is 0 Å². The maximum atomic E-state index is 10.5. The minimum Gasteiger partial charge on any atom is -0.461 e. The van der Waals surface area contributed by atoms with Crippen molar-refractivity contribution in [2.75, 3.05) is 0 Å². The zero-order valence-corrected chi connectivity index (χ0v) is 6.68. The van der Waals surface area contributed by atoms with Crippen LogP contribution in [0.3, 0.4) is 0 Å². The standard InChI is InChI=1S/C9H6N2O2/c12-6-9-7(1-4-13-9)8-5-10-2-3-11-8/h1-6H. The van der Waals surface area contributed by atoms with E-state index in [9.17, 15) is 4.79 Å². The number of carbonyl (C=O) groups is 1. The lowest BCUT2D eigenvalue weighted by molar-refractivity contribution is 0.110. The molecule has 64 valence electrons. The summed E-state index contributed by atoms with van der Waals surface area (Å²) in [5.74, 6) is 0.278. The number of hydrogen-bond acceptors (Lipinski definition) is 4. The molecule has 0 bridgehead atoms. The molecule has 0 aliphatic rings. The van der Waals surface area contributed by atoms with Crippen LogP contribution < -0.4 is 0 Å². The minimum absolute atomic E-state index is 0.278. The smallest absolute Gasteiger partial charge is 0.186 e. The van der Waals surface area contributed by atoms with Gasteiger partial charge in [0.25, 0.3) is 0 Å². The van der Waals surface area contributed by atoms with E-state index in [1.807, 2.05) is 0 Å². The maximum Gasteiger partial charge on any atom is 0.186 e. The molecular formula is C9H6N2O2. The fraction of sp³-hybridized carbons (Fsp3) is 0. The van der Waals surface area contributed by atoms with Crippen molar-refractivity contribution in [2.24, 2.45) is 0 Å². The van der Waals surface area contributed by atoms with Gasteiger partial charge in [0, 0.05) is 12.4 Å². The van der Waals surface area contributed by atoms with Crippen molar-refractivity contribution in [3.8, 4) is 11.3 Å². The Morgan fingerprint density at radius 1 is 1.38 bits per heavy atom. The topological polar surface area (TPSA) is 56.0 Å². The number of carbonyl (C=O) groups excluding carboxylic acids is 1. The second-order valence-corrected chi connectivity index (χ2v) is 2.41. The summed E-state index contributed by atoms with van der Waals surface area (Å²) in [6, 6.07) is 1.69. The number of nitrogens with zero attached hydrogens (tertiary/aromatic N) is 2. The van der Waals surface area contributed by atoms with Crippen molar-refractivity contribution in [2.45, 2.75) is 0 Å². The van der Waals surface area contributed by atoms with Gasteiger partial charge in [0.2, 0.25) is 0 Å². The van der Waals surface area contributed by atoms with Gasteiger partial charge in [0.05, 0.1) is 23.7 Å². The van der Waals surface area contributed by atoms with Gasteiger partial charge in [-0.05, 0) is 6.07 Å². The Labute approximate surface area is 74.2 Å². The van der Waals surface area contributed by atoms with Crippen LogP contribution in [0.25, 0.3) is 11.3 Å². The Kier molecular flexibility index (Phi) is 1.88. The highest BCUT2D eigenvalue weighted by atomic mass is 16.3. The van der Waals surface area contributed by atoms with E-state index < -0.39 is 0 Å². The van der Waals surface area contributed by atoms with Crippen LogP contribution in [0.5, 0.6) is 0 Å². The summed E-state index contributed by atoms with van der Waals surface area (Å²) in [5, 5.41) is 0. The molecule has 0 amide bonds. The van der Waals surface area contributed by atoms with Gasteiger partial charge < -0.3 is 4.42 Å². The highest BCUT2D eigenvalue weighted by Gasteiger charge is 2.07. The van der Waals surface area contributed by atoms with Crippen LogP contribution in [-0.2, 0) is 0 Å². The molecule has 0 atom stereocenters. The minimum atomic E-state index is 0.278. The Balaban J connectivity index is 2.52. The van der Waals surface area contributed by atoms with E-state index in [1.54, 1.807) is 24.7 Å². The van der Waals surface area contributed by atoms with Crippen LogP contribution in [-0.4, -0.2) is 16.3 Å². The van der Waals surface area contributed by atoms with Gasteiger partial charge in [0.15, 0.2) is 12.0 Å². The lowest BCUT2D eigenvalue weighted by Gasteiger charge is -1.94. The van der Waals surface area contributed by atoms with Crippen molar-refractivity contribution < 1.29 is 9.21 Å². The molecule has 4 heteroatoms. The molecular weight excluding hydrogens is 168 g/mol. The monoisotopic (exact) mass is 174 g/mol. The molecule has 2 rings (SSSR count). The summed E-state index contributed by atoms with van der Waals surface area (Å²) in [6.07, 6.45) is 6.83. The van der Waals surface area contributed by atoms with Crippen molar-refractivity contribution in [1.82, 2.24) is 9.97 Å². The highest BCUT2D eigenvalue weighted by Crippen LogP contribution is 2.19. The first-order chi connectivity index (χ1) is 6.42. The Morgan fingerprint density at radius 2 is 2.31 bits per heavy atom. The van der Waals surface area contributed by atoms with Crippen molar-refractivity contribution >= 4 is 6.29 Å². The Hall–Kier alpha value is -1.97. The molecule has 2 aromatic rings. The van der Waals surface area contributed by atoms with Gasteiger partial charge in [-0.25, -0.2) is 0 Å². The molecule has 4 nitrogen and oxygen atoms in total. The van der Waals surface area contributed by atoms with Crippen LogP contribution in [0.15, 0.2) is 35.3 Å². The number of aldehydes is 1. The summed E-state index contributed by atoms with van der Waals surface area (Å²) < 4.78 is 4.93. The van der Waals surface area contributed by atoms with Crippen LogP contribution in [0.4, 0.5) is 0 Å². The van der Waals surface area contributed by atoms with E-state index >= 15 is 0 Å². The molecule has 0 saturated carbocycles. The molecule has 0 spiro atoms. The summed E-state index contributed by atoms with van der Waals surface area (Å²) in [7, 11) is 0. The lowest BCUT2D eigenvalue weighted by Crippen LogP contribution is -1.85. The van der Waals surface area contributed by atoms with E-state index in [0.29, 0.717) is 17.5 Å². The summed E-state index contributed by atoms with van der Waals surface area (Å²) >= 11 is 0. The first kappa shape index (κ1) is 7.67. The molecule has 0 N–H and O–H groups in total. The second-order valence-electron chi connectivity index (χ2n) is 2.41. The van der Waals surface area contributed by atoms with Crippen molar-refractivity contribution in [3.05, 3.63) is 36.7 Å². The van der Waals surface area contributed by atoms with Gasteiger partial charge in [-0.2, -0.15) is 0 Å². The quantitative estimate of drug-likeness (QED) is 0.648. The SMILES string of the molecule is O=Cc1occc1-c1cnccn1. The molecule has 2 heterocycles. The zero-order chi connectivity index (χ0) is 9.10. The molecule has 0 saturated heterocycles. The fourth-order valence-corrected chi connectivity index (χ4v) is 1.06. The summed E-state index contributed by atoms with van der Waals surface area (Å²) in [5.41, 5.74) is 1.31. The predicted molar refractivity (Wildman–Crippen MR) is 45.1 cm³/mol. The van der Waals surface area contributed by atoms with E-state index in [4.69, 9.17) is 4.42 Å². The molecule has 0 unspecified atom stereocenters. The number of furan rings is 1. The maximum absolute atomic E-state index is 10.5. The number of rotatable bonds is 2. The fourth-order valence-electron chi connectivity index (χ4n) is 1.06. The lowest BCUT2D eigenvalue weighted by atomic mass is 10.2. The van der Waals surface area contributed by atoms with E-state index in [-0.39, 0.29) is 5.76 Å². The molecule has 13 heavy (non-hydrogen) atoms.